The average molecular weight is 294 g/mol. The minimum atomic E-state index is -1.12. The zero-order valence-corrected chi connectivity index (χ0v) is 12.5. The van der Waals surface area contributed by atoms with Crippen molar-refractivity contribution in [2.45, 2.75) is 38.9 Å². The third kappa shape index (κ3) is 2.87. The van der Waals surface area contributed by atoms with Crippen molar-refractivity contribution >= 4 is 19.2 Å². The summed E-state index contributed by atoms with van der Waals surface area (Å²) in [6, 6.07) is 0. The summed E-state index contributed by atoms with van der Waals surface area (Å²) in [6.45, 7) is 7.32. The molecule has 0 aromatic carbocycles. The molecular weight excluding hydrogens is 275 g/mol. The molecular formula is C13H19BN2O5. The number of aliphatic hydroxyl groups is 1. The van der Waals surface area contributed by atoms with Gasteiger partial charge in [0.1, 0.15) is 0 Å². The van der Waals surface area contributed by atoms with Gasteiger partial charge in [-0.1, -0.05) is 6.08 Å². The van der Waals surface area contributed by atoms with Gasteiger partial charge in [-0.2, -0.15) is 5.10 Å². The van der Waals surface area contributed by atoms with Gasteiger partial charge >= 0.3 is 13.1 Å². The van der Waals surface area contributed by atoms with Crippen LogP contribution < -0.4 is 0 Å². The normalized spacial score (nSPS) is 20.8. The molecule has 0 aliphatic carbocycles. The molecule has 1 fully saturated rings. The highest BCUT2D eigenvalue weighted by atomic mass is 16.7. The van der Waals surface area contributed by atoms with E-state index >= 15 is 0 Å². The van der Waals surface area contributed by atoms with Crippen LogP contribution in [0.2, 0.25) is 0 Å². The molecule has 1 aromatic rings. The maximum Gasteiger partial charge on any atom is 0.492 e. The van der Waals surface area contributed by atoms with Crippen molar-refractivity contribution < 1.29 is 24.3 Å². The fourth-order valence-corrected chi connectivity index (χ4v) is 1.96. The summed E-state index contributed by atoms with van der Waals surface area (Å²) in [6.07, 6.45) is 2.90. The molecule has 8 heteroatoms. The Labute approximate surface area is 123 Å². The summed E-state index contributed by atoms with van der Waals surface area (Å²) in [7, 11) is -0.725. The monoisotopic (exact) mass is 294 g/mol. The van der Waals surface area contributed by atoms with Crippen LogP contribution in [0, 0.1) is 0 Å². The number of aromatic amines is 1. The third-order valence-electron chi connectivity index (χ3n) is 3.96. The van der Waals surface area contributed by atoms with Crippen LogP contribution in [0.1, 0.15) is 43.7 Å². The topological polar surface area (TPSA) is 105 Å². The highest BCUT2D eigenvalue weighted by Gasteiger charge is 2.52. The Bertz CT molecular complexity index is 563. The first-order chi connectivity index (χ1) is 9.68. The first-order valence-electron chi connectivity index (χ1n) is 6.61. The Balaban J connectivity index is 2.31. The lowest BCUT2D eigenvalue weighted by Gasteiger charge is -2.32. The highest BCUT2D eigenvalue weighted by molar-refractivity contribution is 6.55. The van der Waals surface area contributed by atoms with Gasteiger partial charge in [-0.3, -0.25) is 5.10 Å². The number of carboxylic acids is 1. The van der Waals surface area contributed by atoms with E-state index in [2.05, 4.69) is 10.2 Å². The largest absolute Gasteiger partial charge is 0.492 e. The SMILES string of the molecule is CC1(C)OB(C(=Cc2cn[nH]c2C(=O)O)CO)OC1(C)C. The van der Waals surface area contributed by atoms with Gasteiger partial charge in [0.15, 0.2) is 5.69 Å². The predicted octanol–water partition coefficient (Wildman–Crippen LogP) is 1.11. The number of nitrogens with one attached hydrogen (secondary N) is 1. The summed E-state index contributed by atoms with van der Waals surface area (Å²) >= 11 is 0. The molecule has 0 bridgehead atoms. The first kappa shape index (κ1) is 15.7. The highest BCUT2D eigenvalue weighted by Crippen LogP contribution is 2.38. The quantitative estimate of drug-likeness (QED) is 0.719. The van der Waals surface area contributed by atoms with Crippen molar-refractivity contribution in [1.82, 2.24) is 10.2 Å². The first-order valence-corrected chi connectivity index (χ1v) is 6.61. The molecule has 0 saturated carbocycles. The van der Waals surface area contributed by atoms with Gasteiger partial charge < -0.3 is 19.5 Å². The van der Waals surface area contributed by atoms with Crippen molar-refractivity contribution in [3.63, 3.8) is 0 Å². The fourth-order valence-electron chi connectivity index (χ4n) is 1.96. The second kappa shape index (κ2) is 5.29. The molecule has 0 spiro atoms. The Kier molecular flexibility index (Phi) is 3.96. The fraction of sp³-hybridized carbons (Fsp3) is 0.538. The third-order valence-corrected chi connectivity index (χ3v) is 3.96. The van der Waals surface area contributed by atoms with Crippen molar-refractivity contribution in [2.75, 3.05) is 6.61 Å². The van der Waals surface area contributed by atoms with Crippen LogP contribution in [-0.4, -0.2) is 51.3 Å². The lowest BCUT2D eigenvalue weighted by Crippen LogP contribution is -2.41. The minimum absolute atomic E-state index is 0.0440. The minimum Gasteiger partial charge on any atom is -0.477 e. The summed E-state index contributed by atoms with van der Waals surface area (Å²) in [5, 5.41) is 24.7. The second-order valence-electron chi connectivity index (χ2n) is 5.97. The van der Waals surface area contributed by atoms with E-state index in [1.54, 1.807) is 0 Å². The number of carbonyl (C=O) groups is 1. The molecule has 114 valence electrons. The molecule has 1 aliphatic heterocycles. The molecule has 0 atom stereocenters. The molecule has 0 unspecified atom stereocenters. The lowest BCUT2D eigenvalue weighted by molar-refractivity contribution is 0.00578. The van der Waals surface area contributed by atoms with Gasteiger partial charge in [0.05, 0.1) is 24.0 Å². The van der Waals surface area contributed by atoms with E-state index in [1.807, 2.05) is 27.7 Å². The molecule has 1 aliphatic rings. The average Bonchev–Trinajstić information content (AvgIpc) is 2.89. The van der Waals surface area contributed by atoms with Crippen molar-refractivity contribution in [2.24, 2.45) is 0 Å². The summed E-state index contributed by atoms with van der Waals surface area (Å²) in [4.78, 5) is 11.1. The standard InChI is InChI=1S/C13H19BN2O5/c1-12(2)13(3,4)21-14(20-12)9(7-17)5-8-6-15-16-10(8)11(18)19/h5-6,17H,7H2,1-4H3,(H,15,16)(H,18,19). The van der Waals surface area contributed by atoms with Crippen LogP contribution in [0.5, 0.6) is 0 Å². The Hall–Kier alpha value is -1.64. The van der Waals surface area contributed by atoms with E-state index in [4.69, 9.17) is 14.4 Å². The van der Waals surface area contributed by atoms with E-state index in [0.29, 0.717) is 11.0 Å². The van der Waals surface area contributed by atoms with Gasteiger partial charge in [0.2, 0.25) is 0 Å². The van der Waals surface area contributed by atoms with Gasteiger partial charge in [-0.05, 0) is 33.2 Å². The smallest absolute Gasteiger partial charge is 0.477 e. The van der Waals surface area contributed by atoms with Crippen LogP contribution >= 0.6 is 0 Å². The van der Waals surface area contributed by atoms with Crippen LogP contribution in [0.25, 0.3) is 6.08 Å². The summed E-state index contributed by atoms with van der Waals surface area (Å²) < 4.78 is 11.7. The number of rotatable bonds is 4. The van der Waals surface area contributed by atoms with Gasteiger partial charge in [0.25, 0.3) is 0 Å². The number of H-pyrrole nitrogens is 1. The van der Waals surface area contributed by atoms with Gasteiger partial charge in [-0.25, -0.2) is 4.79 Å². The van der Waals surface area contributed by atoms with E-state index < -0.39 is 24.3 Å². The Morgan fingerprint density at radius 2 is 1.95 bits per heavy atom. The number of carboxylic acid groups (broad SMARTS) is 1. The van der Waals surface area contributed by atoms with E-state index in [-0.39, 0.29) is 12.3 Å². The molecule has 1 aromatic heterocycles. The van der Waals surface area contributed by atoms with Crippen LogP contribution in [0.15, 0.2) is 11.7 Å². The Morgan fingerprint density at radius 3 is 2.43 bits per heavy atom. The van der Waals surface area contributed by atoms with Crippen molar-refractivity contribution in [3.8, 4) is 0 Å². The number of aliphatic hydroxyl groups excluding tert-OH is 1. The molecule has 3 N–H and O–H groups in total. The van der Waals surface area contributed by atoms with Gasteiger partial charge in [-0.15, -0.1) is 0 Å². The zero-order valence-electron chi connectivity index (χ0n) is 12.5. The van der Waals surface area contributed by atoms with Crippen LogP contribution in [0.4, 0.5) is 0 Å². The predicted molar refractivity (Wildman–Crippen MR) is 76.7 cm³/mol. The van der Waals surface area contributed by atoms with E-state index in [9.17, 15) is 9.90 Å². The summed E-state index contributed by atoms with van der Waals surface area (Å²) in [5.41, 5.74) is -0.299. The summed E-state index contributed by atoms with van der Waals surface area (Å²) in [5.74, 6) is -1.12. The van der Waals surface area contributed by atoms with Gasteiger partial charge in [0, 0.05) is 5.56 Å². The number of aromatic nitrogens is 2. The molecule has 2 rings (SSSR count). The molecule has 2 heterocycles. The number of hydrogen-bond donors (Lipinski definition) is 3. The molecule has 1 saturated heterocycles. The number of aromatic carboxylic acids is 1. The number of hydrogen-bond acceptors (Lipinski definition) is 5. The maximum atomic E-state index is 11.1. The van der Waals surface area contributed by atoms with Crippen LogP contribution in [0.3, 0.4) is 0 Å². The zero-order chi connectivity index (χ0) is 15.8. The van der Waals surface area contributed by atoms with Crippen LogP contribution in [-0.2, 0) is 9.31 Å². The second-order valence-corrected chi connectivity index (χ2v) is 5.97. The van der Waals surface area contributed by atoms with E-state index in [0.717, 1.165) is 0 Å². The molecule has 7 nitrogen and oxygen atoms in total. The number of nitrogens with zero attached hydrogens (tertiary/aromatic N) is 1. The maximum absolute atomic E-state index is 11.1. The van der Waals surface area contributed by atoms with Crippen molar-refractivity contribution in [1.29, 1.82) is 0 Å². The van der Waals surface area contributed by atoms with E-state index in [1.165, 1.54) is 12.3 Å². The molecule has 0 amide bonds. The van der Waals surface area contributed by atoms with Crippen molar-refractivity contribution in [3.05, 3.63) is 22.9 Å². The lowest BCUT2D eigenvalue weighted by atomic mass is 9.77. The molecule has 0 radical (unpaired) electrons. The Morgan fingerprint density at radius 1 is 1.38 bits per heavy atom. The molecule has 21 heavy (non-hydrogen) atoms.